The summed E-state index contributed by atoms with van der Waals surface area (Å²) in [6, 6.07) is 12.1. The van der Waals surface area contributed by atoms with Gasteiger partial charge in [-0.1, -0.05) is 23.7 Å². The summed E-state index contributed by atoms with van der Waals surface area (Å²) in [6.07, 6.45) is 0.104. The molecule has 2 aromatic carbocycles. The van der Waals surface area contributed by atoms with Gasteiger partial charge < -0.3 is 10.1 Å². The number of anilines is 1. The number of halogens is 1. The molecule has 0 saturated carbocycles. The lowest BCUT2D eigenvalue weighted by Gasteiger charge is -2.09. The average Bonchev–Trinajstić information content (AvgIpc) is 2.83. The molecule has 0 aliphatic carbocycles. The van der Waals surface area contributed by atoms with Gasteiger partial charge in [0.1, 0.15) is 5.75 Å². The van der Waals surface area contributed by atoms with Gasteiger partial charge in [-0.25, -0.2) is 0 Å². The smallest absolute Gasteiger partial charge is 0.232 e. The molecule has 22 heavy (non-hydrogen) atoms. The third kappa shape index (κ3) is 2.70. The molecule has 4 nitrogen and oxygen atoms in total. The maximum Gasteiger partial charge on any atom is 0.232 e. The lowest BCUT2D eigenvalue weighted by atomic mass is 9.92. The van der Waals surface area contributed by atoms with Crippen molar-refractivity contribution < 1.29 is 14.3 Å². The standard InChI is InChI=1S/C17H14ClNO3/c1-22-12-4-2-3-10(7-12)16(20)9-14-13-8-11(18)5-6-15(13)19-17(14)21/h2-8,14H,9H2,1H3,(H,19,21). The van der Waals surface area contributed by atoms with Crippen molar-refractivity contribution >= 4 is 29.0 Å². The molecule has 1 N–H and O–H groups in total. The van der Waals surface area contributed by atoms with Crippen molar-refractivity contribution in [1.29, 1.82) is 0 Å². The SMILES string of the molecule is COc1cccc(C(=O)CC2C(=O)Nc3ccc(Cl)cc32)c1. The van der Waals surface area contributed by atoms with Crippen molar-refractivity contribution in [2.45, 2.75) is 12.3 Å². The lowest BCUT2D eigenvalue weighted by Crippen LogP contribution is -2.16. The first-order chi connectivity index (χ1) is 10.6. The molecule has 0 radical (unpaired) electrons. The largest absolute Gasteiger partial charge is 0.497 e. The van der Waals surface area contributed by atoms with Gasteiger partial charge in [-0.3, -0.25) is 9.59 Å². The molecule has 3 rings (SSSR count). The van der Waals surface area contributed by atoms with Crippen LogP contribution in [0, 0.1) is 0 Å². The van der Waals surface area contributed by atoms with Crippen molar-refractivity contribution in [1.82, 2.24) is 0 Å². The average molecular weight is 316 g/mol. The van der Waals surface area contributed by atoms with Crippen LogP contribution in [0.2, 0.25) is 5.02 Å². The molecule has 5 heteroatoms. The van der Waals surface area contributed by atoms with Crippen LogP contribution >= 0.6 is 11.6 Å². The van der Waals surface area contributed by atoms with Gasteiger partial charge in [-0.2, -0.15) is 0 Å². The van der Waals surface area contributed by atoms with E-state index in [4.69, 9.17) is 16.3 Å². The van der Waals surface area contributed by atoms with Gasteiger partial charge >= 0.3 is 0 Å². The molecular formula is C17H14ClNO3. The maximum absolute atomic E-state index is 12.4. The van der Waals surface area contributed by atoms with Gasteiger partial charge in [0.15, 0.2) is 5.78 Å². The van der Waals surface area contributed by atoms with Crippen molar-refractivity contribution in [3.63, 3.8) is 0 Å². The summed E-state index contributed by atoms with van der Waals surface area (Å²) < 4.78 is 5.12. The molecule has 0 bridgehead atoms. The Labute approximate surface area is 133 Å². The van der Waals surface area contributed by atoms with Gasteiger partial charge in [-0.15, -0.1) is 0 Å². The molecule has 112 valence electrons. The minimum absolute atomic E-state index is 0.104. The summed E-state index contributed by atoms with van der Waals surface area (Å²) in [5.41, 5.74) is 2.02. The van der Waals surface area contributed by atoms with E-state index in [0.717, 1.165) is 11.3 Å². The summed E-state index contributed by atoms with van der Waals surface area (Å²) in [5, 5.41) is 3.33. The molecule has 2 aromatic rings. The molecule has 1 aliphatic rings. The van der Waals surface area contributed by atoms with Crippen molar-refractivity contribution in [3.8, 4) is 5.75 Å². The van der Waals surface area contributed by atoms with E-state index in [0.29, 0.717) is 16.3 Å². The van der Waals surface area contributed by atoms with E-state index in [-0.39, 0.29) is 18.1 Å². The summed E-state index contributed by atoms with van der Waals surface area (Å²) in [6.45, 7) is 0. The van der Waals surface area contributed by atoms with Crippen molar-refractivity contribution in [3.05, 3.63) is 58.6 Å². The zero-order chi connectivity index (χ0) is 15.7. The second-order valence-electron chi connectivity index (χ2n) is 5.13. The Morgan fingerprint density at radius 1 is 1.27 bits per heavy atom. The molecule has 1 atom stereocenters. The fourth-order valence-electron chi connectivity index (χ4n) is 2.60. The maximum atomic E-state index is 12.4. The van der Waals surface area contributed by atoms with E-state index in [1.807, 2.05) is 0 Å². The Morgan fingerprint density at radius 2 is 2.09 bits per heavy atom. The topological polar surface area (TPSA) is 55.4 Å². The number of nitrogens with one attached hydrogen (secondary N) is 1. The summed E-state index contributed by atoms with van der Waals surface area (Å²) in [5.74, 6) is -0.169. The second-order valence-corrected chi connectivity index (χ2v) is 5.57. The zero-order valence-corrected chi connectivity index (χ0v) is 12.7. The first kappa shape index (κ1) is 14.6. The Balaban J connectivity index is 1.85. The molecule has 1 heterocycles. The van der Waals surface area contributed by atoms with Gasteiger partial charge in [0.05, 0.1) is 13.0 Å². The van der Waals surface area contributed by atoms with Gasteiger partial charge in [0, 0.05) is 22.7 Å². The fourth-order valence-corrected chi connectivity index (χ4v) is 2.78. The molecule has 1 amide bonds. The second kappa shape index (κ2) is 5.81. The van der Waals surface area contributed by atoms with Crippen LogP contribution in [0.25, 0.3) is 0 Å². The normalized spacial score (nSPS) is 16.1. The van der Waals surface area contributed by atoms with E-state index >= 15 is 0 Å². The number of carbonyl (C=O) groups excluding carboxylic acids is 2. The molecule has 0 spiro atoms. The van der Waals surface area contributed by atoms with Crippen LogP contribution in [0.3, 0.4) is 0 Å². The highest BCUT2D eigenvalue weighted by Crippen LogP contribution is 2.37. The number of Topliss-reactive ketones (excluding diaryl/α,β-unsaturated/α-hetero) is 1. The molecule has 1 aliphatic heterocycles. The van der Waals surface area contributed by atoms with E-state index in [9.17, 15) is 9.59 Å². The van der Waals surface area contributed by atoms with Crippen LogP contribution in [0.15, 0.2) is 42.5 Å². The Morgan fingerprint density at radius 3 is 2.86 bits per heavy atom. The number of ketones is 1. The van der Waals surface area contributed by atoms with Crippen molar-refractivity contribution in [2.75, 3.05) is 12.4 Å². The molecule has 1 unspecified atom stereocenters. The fraction of sp³-hybridized carbons (Fsp3) is 0.176. The Hall–Kier alpha value is -2.33. The highest BCUT2D eigenvalue weighted by atomic mass is 35.5. The quantitative estimate of drug-likeness (QED) is 0.876. The van der Waals surface area contributed by atoms with Gasteiger partial charge in [0.2, 0.25) is 5.91 Å². The predicted octanol–water partition coefficient (Wildman–Crippen LogP) is 3.66. The number of carbonyl (C=O) groups is 2. The van der Waals surface area contributed by atoms with Crippen LogP contribution in [0.5, 0.6) is 5.75 Å². The number of rotatable bonds is 4. The number of ether oxygens (including phenoxy) is 1. The molecule has 0 fully saturated rings. The van der Waals surface area contributed by atoms with E-state index < -0.39 is 5.92 Å². The van der Waals surface area contributed by atoms with Crippen LogP contribution in [0.4, 0.5) is 5.69 Å². The third-order valence-electron chi connectivity index (χ3n) is 3.74. The Bertz CT molecular complexity index is 757. The van der Waals surface area contributed by atoms with Gasteiger partial charge in [0.25, 0.3) is 0 Å². The summed E-state index contributed by atoms with van der Waals surface area (Å²) in [4.78, 5) is 24.5. The number of fused-ring (bicyclic) bond motifs is 1. The predicted molar refractivity (Wildman–Crippen MR) is 84.8 cm³/mol. The highest BCUT2D eigenvalue weighted by molar-refractivity contribution is 6.31. The lowest BCUT2D eigenvalue weighted by molar-refractivity contribution is -0.117. The van der Waals surface area contributed by atoms with Gasteiger partial charge in [-0.05, 0) is 35.9 Å². The number of hydrogen-bond donors (Lipinski definition) is 1. The highest BCUT2D eigenvalue weighted by Gasteiger charge is 2.32. The Kier molecular flexibility index (Phi) is 3.86. The minimum atomic E-state index is -0.507. The molecule has 0 aromatic heterocycles. The van der Waals surface area contributed by atoms with Crippen LogP contribution in [-0.4, -0.2) is 18.8 Å². The zero-order valence-electron chi connectivity index (χ0n) is 11.9. The summed E-state index contributed by atoms with van der Waals surface area (Å²) in [7, 11) is 1.55. The van der Waals surface area contributed by atoms with Crippen LogP contribution in [-0.2, 0) is 4.79 Å². The number of methoxy groups -OCH3 is 1. The number of hydrogen-bond acceptors (Lipinski definition) is 3. The minimum Gasteiger partial charge on any atom is -0.497 e. The molecule has 0 saturated heterocycles. The monoisotopic (exact) mass is 315 g/mol. The van der Waals surface area contributed by atoms with E-state index in [2.05, 4.69) is 5.32 Å². The summed E-state index contributed by atoms with van der Waals surface area (Å²) >= 11 is 5.99. The third-order valence-corrected chi connectivity index (χ3v) is 3.98. The number of amides is 1. The first-order valence-electron chi connectivity index (χ1n) is 6.86. The molecular weight excluding hydrogens is 302 g/mol. The van der Waals surface area contributed by atoms with E-state index in [1.54, 1.807) is 49.6 Å². The van der Waals surface area contributed by atoms with Crippen LogP contribution < -0.4 is 10.1 Å². The first-order valence-corrected chi connectivity index (χ1v) is 7.24. The van der Waals surface area contributed by atoms with E-state index in [1.165, 1.54) is 0 Å². The van der Waals surface area contributed by atoms with Crippen molar-refractivity contribution in [2.24, 2.45) is 0 Å². The number of benzene rings is 2. The van der Waals surface area contributed by atoms with Crippen LogP contribution in [0.1, 0.15) is 28.3 Å².